The molecule has 0 saturated carbocycles. The highest BCUT2D eigenvalue weighted by Crippen LogP contribution is 2.29. The number of aliphatic hydroxyl groups excluding tert-OH is 1. The summed E-state index contributed by atoms with van der Waals surface area (Å²) < 4.78 is 16.7. The summed E-state index contributed by atoms with van der Waals surface area (Å²) in [6.45, 7) is 7.01. The lowest BCUT2D eigenvalue weighted by Gasteiger charge is -2.47. The molecule has 2 aliphatic heterocycles. The normalized spacial score (nSPS) is 21.4. The summed E-state index contributed by atoms with van der Waals surface area (Å²) in [6, 6.07) is 5.86. The van der Waals surface area contributed by atoms with E-state index >= 15 is 0 Å². The maximum absolute atomic E-state index is 10.2. The molecule has 0 radical (unpaired) electrons. The number of nitrogens with zero attached hydrogens (tertiary/aromatic N) is 2. The lowest BCUT2D eigenvalue weighted by atomic mass is 9.96. The molecular formula is C19H30N2O5. The van der Waals surface area contributed by atoms with E-state index in [0.717, 1.165) is 44.8 Å². The maximum Gasteiger partial charge on any atom is 0.161 e. The van der Waals surface area contributed by atoms with Crippen molar-refractivity contribution in [3.05, 3.63) is 23.8 Å². The lowest BCUT2D eigenvalue weighted by Crippen LogP contribution is -2.62. The SMILES string of the molecule is COc1cc(CN2CCCO2)ccc1OCC(O)CN1CC(C)(OC)C1. The molecule has 1 atom stereocenters. The number of likely N-dealkylation sites (tertiary alicyclic amines) is 1. The van der Waals surface area contributed by atoms with Crippen molar-refractivity contribution in [1.82, 2.24) is 9.96 Å². The van der Waals surface area contributed by atoms with Crippen LogP contribution in [-0.2, 0) is 16.1 Å². The minimum absolute atomic E-state index is 0.0846. The first-order valence-electron chi connectivity index (χ1n) is 9.14. The van der Waals surface area contributed by atoms with Crippen molar-refractivity contribution in [3.8, 4) is 11.5 Å². The summed E-state index contributed by atoms with van der Waals surface area (Å²) in [4.78, 5) is 7.69. The number of aliphatic hydroxyl groups is 1. The molecule has 7 nitrogen and oxygen atoms in total. The second-order valence-corrected chi connectivity index (χ2v) is 7.32. The summed E-state index contributed by atoms with van der Waals surface area (Å²) in [7, 11) is 3.35. The highest BCUT2D eigenvalue weighted by molar-refractivity contribution is 5.43. The molecule has 2 fully saturated rings. The number of rotatable bonds is 9. The predicted octanol–water partition coefficient (Wildman–Crippen LogP) is 1.29. The summed E-state index contributed by atoms with van der Waals surface area (Å²) in [5.74, 6) is 1.31. The first-order valence-corrected chi connectivity index (χ1v) is 9.14. The van der Waals surface area contributed by atoms with Gasteiger partial charge in [-0.3, -0.25) is 9.74 Å². The summed E-state index contributed by atoms with van der Waals surface area (Å²) >= 11 is 0. The van der Waals surface area contributed by atoms with E-state index in [-0.39, 0.29) is 12.2 Å². The molecule has 146 valence electrons. The zero-order valence-corrected chi connectivity index (χ0v) is 15.9. The highest BCUT2D eigenvalue weighted by Gasteiger charge is 2.39. The molecule has 2 heterocycles. The van der Waals surface area contributed by atoms with Gasteiger partial charge in [-0.15, -0.1) is 0 Å². The van der Waals surface area contributed by atoms with Crippen LogP contribution in [-0.4, -0.2) is 80.4 Å². The van der Waals surface area contributed by atoms with E-state index in [1.165, 1.54) is 0 Å². The molecule has 1 N–H and O–H groups in total. The molecule has 0 aliphatic carbocycles. The second kappa shape index (κ2) is 8.54. The fourth-order valence-corrected chi connectivity index (χ4v) is 3.45. The van der Waals surface area contributed by atoms with Crippen molar-refractivity contribution in [2.45, 2.75) is 31.6 Å². The number of ether oxygens (including phenoxy) is 3. The van der Waals surface area contributed by atoms with E-state index in [1.807, 2.05) is 23.3 Å². The summed E-state index contributed by atoms with van der Waals surface area (Å²) in [6.07, 6.45) is 0.510. The molecule has 1 unspecified atom stereocenters. The van der Waals surface area contributed by atoms with Crippen LogP contribution < -0.4 is 9.47 Å². The molecule has 1 aromatic carbocycles. The molecule has 2 aliphatic rings. The third-order valence-corrected chi connectivity index (χ3v) is 4.92. The van der Waals surface area contributed by atoms with Gasteiger partial charge in [-0.1, -0.05) is 6.07 Å². The zero-order chi connectivity index (χ0) is 18.6. The van der Waals surface area contributed by atoms with Crippen molar-refractivity contribution >= 4 is 0 Å². The standard InChI is InChI=1S/C19H30N2O5/c1-19(24-3)13-20(14-19)11-16(22)12-25-17-6-5-15(9-18(17)23-2)10-21-7-4-8-26-21/h5-6,9,16,22H,4,7-8,10-14H2,1-3H3. The van der Waals surface area contributed by atoms with Gasteiger partial charge in [0.15, 0.2) is 11.5 Å². The number of hydrogen-bond acceptors (Lipinski definition) is 7. The van der Waals surface area contributed by atoms with Gasteiger partial charge in [-0.05, 0) is 31.0 Å². The van der Waals surface area contributed by atoms with Gasteiger partial charge in [0.2, 0.25) is 0 Å². The van der Waals surface area contributed by atoms with Crippen LogP contribution in [0.25, 0.3) is 0 Å². The fourth-order valence-electron chi connectivity index (χ4n) is 3.45. The van der Waals surface area contributed by atoms with Gasteiger partial charge < -0.3 is 19.3 Å². The maximum atomic E-state index is 10.2. The van der Waals surface area contributed by atoms with Crippen LogP contribution in [0.3, 0.4) is 0 Å². The average molecular weight is 366 g/mol. The molecule has 0 bridgehead atoms. The zero-order valence-electron chi connectivity index (χ0n) is 15.9. The molecular weight excluding hydrogens is 336 g/mol. The van der Waals surface area contributed by atoms with E-state index in [1.54, 1.807) is 14.2 Å². The van der Waals surface area contributed by atoms with Crippen molar-refractivity contribution in [3.63, 3.8) is 0 Å². The van der Waals surface area contributed by atoms with Gasteiger partial charge in [0.05, 0.1) is 19.3 Å². The third kappa shape index (κ3) is 4.86. The van der Waals surface area contributed by atoms with Gasteiger partial charge in [0.1, 0.15) is 12.7 Å². The molecule has 26 heavy (non-hydrogen) atoms. The molecule has 3 rings (SSSR count). The Morgan fingerprint density at radius 3 is 2.73 bits per heavy atom. The van der Waals surface area contributed by atoms with Crippen LogP contribution >= 0.6 is 0 Å². The van der Waals surface area contributed by atoms with Crippen LogP contribution in [0.1, 0.15) is 18.9 Å². The minimum Gasteiger partial charge on any atom is -0.493 e. The Labute approximate surface area is 155 Å². The first-order chi connectivity index (χ1) is 12.5. The lowest BCUT2D eigenvalue weighted by molar-refractivity contribution is -0.121. The fraction of sp³-hybridized carbons (Fsp3) is 0.684. The van der Waals surface area contributed by atoms with E-state index in [4.69, 9.17) is 19.0 Å². The van der Waals surface area contributed by atoms with Gasteiger partial charge in [-0.25, -0.2) is 0 Å². The molecule has 0 spiro atoms. The van der Waals surface area contributed by atoms with Crippen molar-refractivity contribution < 1.29 is 24.2 Å². The number of hydroxylamine groups is 2. The van der Waals surface area contributed by atoms with E-state index in [0.29, 0.717) is 18.0 Å². The minimum atomic E-state index is -0.557. The number of β-amino-alcohol motifs (C(OH)–C–C–N with tert-alkyl or cyclic N) is 1. The van der Waals surface area contributed by atoms with Crippen LogP contribution in [0.4, 0.5) is 0 Å². The Morgan fingerprint density at radius 2 is 2.08 bits per heavy atom. The van der Waals surface area contributed by atoms with E-state index < -0.39 is 6.10 Å². The van der Waals surface area contributed by atoms with Crippen LogP contribution in [0.5, 0.6) is 11.5 Å². The Bertz CT molecular complexity index is 585. The third-order valence-electron chi connectivity index (χ3n) is 4.92. The van der Waals surface area contributed by atoms with Crippen molar-refractivity contribution in [1.29, 1.82) is 0 Å². The first kappa shape index (κ1) is 19.4. The van der Waals surface area contributed by atoms with Gasteiger partial charge in [0.25, 0.3) is 0 Å². The van der Waals surface area contributed by atoms with Crippen LogP contribution in [0.15, 0.2) is 18.2 Å². The Balaban J connectivity index is 1.47. The summed E-state index contributed by atoms with van der Waals surface area (Å²) in [5.41, 5.74) is 1.02. The monoisotopic (exact) mass is 366 g/mol. The van der Waals surface area contributed by atoms with Crippen molar-refractivity contribution in [2.75, 3.05) is 53.6 Å². The molecule has 2 saturated heterocycles. The highest BCUT2D eigenvalue weighted by atomic mass is 16.7. The topological polar surface area (TPSA) is 63.6 Å². The Kier molecular flexibility index (Phi) is 6.37. The predicted molar refractivity (Wildman–Crippen MR) is 97.3 cm³/mol. The number of methoxy groups -OCH3 is 2. The summed E-state index contributed by atoms with van der Waals surface area (Å²) in [5, 5.41) is 12.2. The van der Waals surface area contributed by atoms with Crippen LogP contribution in [0.2, 0.25) is 0 Å². The number of hydrogen-bond donors (Lipinski definition) is 1. The van der Waals surface area contributed by atoms with E-state index in [9.17, 15) is 5.11 Å². The molecule has 0 aromatic heterocycles. The van der Waals surface area contributed by atoms with Gasteiger partial charge in [-0.2, -0.15) is 5.06 Å². The van der Waals surface area contributed by atoms with Gasteiger partial charge in [0, 0.05) is 39.8 Å². The van der Waals surface area contributed by atoms with Crippen molar-refractivity contribution in [2.24, 2.45) is 0 Å². The average Bonchev–Trinajstić information content (AvgIpc) is 3.12. The quantitative estimate of drug-likeness (QED) is 0.707. The largest absolute Gasteiger partial charge is 0.493 e. The number of benzene rings is 1. The second-order valence-electron chi connectivity index (χ2n) is 7.32. The Morgan fingerprint density at radius 1 is 1.27 bits per heavy atom. The molecule has 7 heteroatoms. The Hall–Kier alpha value is -1.38. The van der Waals surface area contributed by atoms with Crippen LogP contribution in [0, 0.1) is 0 Å². The smallest absolute Gasteiger partial charge is 0.161 e. The van der Waals surface area contributed by atoms with E-state index in [2.05, 4.69) is 11.8 Å². The molecule has 0 amide bonds. The van der Waals surface area contributed by atoms with Gasteiger partial charge >= 0.3 is 0 Å². The molecule has 1 aromatic rings.